The van der Waals surface area contributed by atoms with Crippen LogP contribution in [0.25, 0.3) is 0 Å². The highest BCUT2D eigenvalue weighted by atomic mass is 16.7. The molecule has 1 rings (SSSR count). The molecule has 1 fully saturated rings. The summed E-state index contributed by atoms with van der Waals surface area (Å²) in [6.45, 7) is 14.3. The van der Waals surface area contributed by atoms with E-state index >= 15 is 0 Å². The van der Waals surface area contributed by atoms with Gasteiger partial charge in [0.25, 0.3) is 0 Å². The summed E-state index contributed by atoms with van der Waals surface area (Å²) in [5, 5.41) is 0. The van der Waals surface area contributed by atoms with E-state index in [0.717, 1.165) is 13.2 Å². The molecule has 2 nitrogen and oxygen atoms in total. The lowest BCUT2D eigenvalue weighted by Gasteiger charge is -2.48. The summed E-state index contributed by atoms with van der Waals surface area (Å²) in [7, 11) is 0. The number of hydrogen-bond donors (Lipinski definition) is 0. The molecule has 0 N–H and O–H groups in total. The zero-order valence-electron chi connectivity index (χ0n) is 9.73. The standard InChI is InChI=1S/C11H22O2/c1-9(2,3)11(6)12-7-10(4,5)8-13-11/h7-8H2,1-6H3. The van der Waals surface area contributed by atoms with Gasteiger partial charge in [-0.2, -0.15) is 0 Å². The maximum absolute atomic E-state index is 5.82. The van der Waals surface area contributed by atoms with Crippen LogP contribution in [0.5, 0.6) is 0 Å². The SMILES string of the molecule is CC1(C)COC(C)(C(C)(C)C)OC1. The maximum atomic E-state index is 5.82. The predicted molar refractivity (Wildman–Crippen MR) is 53.5 cm³/mol. The van der Waals surface area contributed by atoms with E-state index in [1.165, 1.54) is 0 Å². The van der Waals surface area contributed by atoms with Crippen molar-refractivity contribution in [3.8, 4) is 0 Å². The van der Waals surface area contributed by atoms with E-state index in [1.807, 2.05) is 6.92 Å². The Balaban J connectivity index is 2.68. The van der Waals surface area contributed by atoms with Gasteiger partial charge in [0.2, 0.25) is 0 Å². The van der Waals surface area contributed by atoms with Gasteiger partial charge in [-0.15, -0.1) is 0 Å². The molecule has 2 heteroatoms. The zero-order chi connectivity index (χ0) is 10.3. The van der Waals surface area contributed by atoms with Gasteiger partial charge in [-0.1, -0.05) is 34.6 Å². The van der Waals surface area contributed by atoms with Crippen LogP contribution in [0.3, 0.4) is 0 Å². The van der Waals surface area contributed by atoms with Crippen LogP contribution >= 0.6 is 0 Å². The molecular weight excluding hydrogens is 164 g/mol. The molecule has 1 aliphatic rings. The lowest BCUT2D eigenvalue weighted by atomic mass is 9.84. The second kappa shape index (κ2) is 2.96. The van der Waals surface area contributed by atoms with Crippen molar-refractivity contribution < 1.29 is 9.47 Å². The first-order valence-electron chi connectivity index (χ1n) is 4.94. The fourth-order valence-corrected chi connectivity index (χ4v) is 1.18. The zero-order valence-corrected chi connectivity index (χ0v) is 9.73. The molecule has 0 aromatic carbocycles. The minimum Gasteiger partial charge on any atom is -0.349 e. The highest BCUT2D eigenvalue weighted by molar-refractivity contribution is 4.85. The minimum absolute atomic E-state index is 0.0312. The molecule has 78 valence electrons. The molecule has 0 radical (unpaired) electrons. The van der Waals surface area contributed by atoms with E-state index in [2.05, 4.69) is 34.6 Å². The first kappa shape index (κ1) is 11.0. The van der Waals surface area contributed by atoms with Crippen LogP contribution in [0, 0.1) is 10.8 Å². The second-order valence-corrected chi connectivity index (χ2v) is 5.94. The third kappa shape index (κ3) is 2.23. The van der Waals surface area contributed by atoms with Crippen molar-refractivity contribution in [2.24, 2.45) is 10.8 Å². The molecule has 1 aliphatic heterocycles. The minimum atomic E-state index is -0.428. The van der Waals surface area contributed by atoms with E-state index in [-0.39, 0.29) is 10.8 Å². The molecule has 0 aromatic heterocycles. The first-order valence-corrected chi connectivity index (χ1v) is 4.94. The van der Waals surface area contributed by atoms with Gasteiger partial charge in [-0.25, -0.2) is 0 Å². The van der Waals surface area contributed by atoms with Gasteiger partial charge in [0, 0.05) is 10.8 Å². The fraction of sp³-hybridized carbons (Fsp3) is 1.00. The van der Waals surface area contributed by atoms with Crippen LogP contribution in [-0.4, -0.2) is 19.0 Å². The van der Waals surface area contributed by atoms with Crippen molar-refractivity contribution in [3.05, 3.63) is 0 Å². The van der Waals surface area contributed by atoms with Crippen LogP contribution in [-0.2, 0) is 9.47 Å². The Morgan fingerprint density at radius 3 is 1.62 bits per heavy atom. The van der Waals surface area contributed by atoms with Crippen LogP contribution in [0.15, 0.2) is 0 Å². The van der Waals surface area contributed by atoms with Crippen molar-refractivity contribution >= 4 is 0 Å². The summed E-state index contributed by atoms with van der Waals surface area (Å²) >= 11 is 0. The predicted octanol–water partition coefficient (Wildman–Crippen LogP) is 2.82. The summed E-state index contributed by atoms with van der Waals surface area (Å²) < 4.78 is 11.6. The van der Waals surface area contributed by atoms with Gasteiger partial charge >= 0.3 is 0 Å². The van der Waals surface area contributed by atoms with Crippen LogP contribution < -0.4 is 0 Å². The number of rotatable bonds is 0. The Morgan fingerprint density at radius 2 is 1.31 bits per heavy atom. The van der Waals surface area contributed by atoms with Gasteiger partial charge in [0.05, 0.1) is 13.2 Å². The summed E-state index contributed by atoms with van der Waals surface area (Å²) in [6, 6.07) is 0. The molecule has 0 spiro atoms. The van der Waals surface area contributed by atoms with Crippen molar-refractivity contribution in [2.45, 2.75) is 47.3 Å². The normalized spacial score (nSPS) is 27.2. The van der Waals surface area contributed by atoms with Gasteiger partial charge in [0.15, 0.2) is 5.79 Å². The van der Waals surface area contributed by atoms with E-state index in [4.69, 9.17) is 9.47 Å². The van der Waals surface area contributed by atoms with E-state index in [0.29, 0.717) is 0 Å². The first-order chi connectivity index (χ1) is 5.66. The van der Waals surface area contributed by atoms with Crippen molar-refractivity contribution in [3.63, 3.8) is 0 Å². The van der Waals surface area contributed by atoms with E-state index in [1.54, 1.807) is 0 Å². The lowest BCUT2D eigenvalue weighted by molar-refractivity contribution is -0.330. The number of hydrogen-bond acceptors (Lipinski definition) is 2. The number of ether oxygens (including phenoxy) is 2. The molecule has 13 heavy (non-hydrogen) atoms. The topological polar surface area (TPSA) is 18.5 Å². The molecule has 0 amide bonds. The quantitative estimate of drug-likeness (QED) is 0.579. The highest BCUT2D eigenvalue weighted by Crippen LogP contribution is 2.40. The maximum Gasteiger partial charge on any atom is 0.170 e. The second-order valence-electron chi connectivity index (χ2n) is 5.94. The molecule has 1 heterocycles. The summed E-state index contributed by atoms with van der Waals surface area (Å²) in [5.74, 6) is -0.428. The molecular formula is C11H22O2. The Hall–Kier alpha value is -0.0800. The van der Waals surface area contributed by atoms with Crippen LogP contribution in [0.2, 0.25) is 0 Å². The smallest absolute Gasteiger partial charge is 0.170 e. The van der Waals surface area contributed by atoms with Crippen LogP contribution in [0.4, 0.5) is 0 Å². The molecule has 0 aromatic rings. The average Bonchev–Trinajstić information content (AvgIpc) is 1.94. The fourth-order valence-electron chi connectivity index (χ4n) is 1.18. The Kier molecular flexibility index (Phi) is 2.50. The van der Waals surface area contributed by atoms with Gasteiger partial charge in [-0.3, -0.25) is 0 Å². The average molecular weight is 186 g/mol. The Labute approximate surface area is 81.6 Å². The molecule has 0 saturated carbocycles. The highest BCUT2D eigenvalue weighted by Gasteiger charge is 2.45. The van der Waals surface area contributed by atoms with E-state index in [9.17, 15) is 0 Å². The lowest BCUT2D eigenvalue weighted by Crippen LogP contribution is -2.52. The van der Waals surface area contributed by atoms with Crippen LogP contribution in [0.1, 0.15) is 41.5 Å². The summed E-state index contributed by atoms with van der Waals surface area (Å²) in [5.41, 5.74) is 0.189. The third-order valence-electron chi connectivity index (χ3n) is 2.84. The molecule has 0 unspecified atom stereocenters. The summed E-state index contributed by atoms with van der Waals surface area (Å²) in [4.78, 5) is 0. The van der Waals surface area contributed by atoms with Crippen molar-refractivity contribution in [1.82, 2.24) is 0 Å². The Morgan fingerprint density at radius 1 is 0.923 bits per heavy atom. The molecule has 0 bridgehead atoms. The molecule has 0 aliphatic carbocycles. The van der Waals surface area contributed by atoms with E-state index < -0.39 is 5.79 Å². The summed E-state index contributed by atoms with van der Waals surface area (Å²) in [6.07, 6.45) is 0. The van der Waals surface area contributed by atoms with Crippen molar-refractivity contribution in [2.75, 3.05) is 13.2 Å². The Bertz CT molecular complexity index is 179. The van der Waals surface area contributed by atoms with Gasteiger partial charge < -0.3 is 9.47 Å². The third-order valence-corrected chi connectivity index (χ3v) is 2.84. The largest absolute Gasteiger partial charge is 0.349 e. The molecule has 0 atom stereocenters. The monoisotopic (exact) mass is 186 g/mol. The van der Waals surface area contributed by atoms with Crippen molar-refractivity contribution in [1.29, 1.82) is 0 Å². The van der Waals surface area contributed by atoms with Gasteiger partial charge in [-0.05, 0) is 6.92 Å². The van der Waals surface area contributed by atoms with Gasteiger partial charge in [0.1, 0.15) is 0 Å². The molecule has 1 saturated heterocycles.